The Morgan fingerprint density at radius 2 is 1.80 bits per heavy atom. The summed E-state index contributed by atoms with van der Waals surface area (Å²) in [5.41, 5.74) is 3.40. The third-order valence-corrected chi connectivity index (χ3v) is 5.67. The Labute approximate surface area is 148 Å². The molecule has 2 aliphatic rings. The van der Waals surface area contributed by atoms with Crippen molar-refractivity contribution in [2.45, 2.75) is 39.2 Å². The van der Waals surface area contributed by atoms with Gasteiger partial charge in [-0.15, -0.1) is 0 Å². The zero-order valence-electron chi connectivity index (χ0n) is 14.7. The molecule has 5 nitrogen and oxygen atoms in total. The number of hydrogen-bond donors (Lipinski definition) is 1. The maximum atomic E-state index is 12.8. The van der Waals surface area contributed by atoms with Crippen molar-refractivity contribution in [2.75, 3.05) is 18.0 Å². The monoisotopic (exact) mass is 336 g/mol. The average molecular weight is 336 g/mol. The third-order valence-electron chi connectivity index (χ3n) is 5.67. The number of amides is 1. The first-order valence-corrected chi connectivity index (χ1v) is 9.11. The van der Waals surface area contributed by atoms with Crippen LogP contribution in [0.2, 0.25) is 0 Å². The van der Waals surface area contributed by atoms with Gasteiger partial charge in [-0.25, -0.2) is 9.97 Å². The highest BCUT2D eigenvalue weighted by molar-refractivity contribution is 5.84. The van der Waals surface area contributed by atoms with E-state index in [0.29, 0.717) is 6.54 Å². The highest BCUT2D eigenvalue weighted by Crippen LogP contribution is 2.38. The van der Waals surface area contributed by atoms with E-state index < -0.39 is 0 Å². The predicted octanol–water partition coefficient (Wildman–Crippen LogP) is 2.50. The molecule has 0 bridgehead atoms. The molecule has 1 amide bonds. The van der Waals surface area contributed by atoms with E-state index in [1.807, 2.05) is 18.5 Å². The molecule has 25 heavy (non-hydrogen) atoms. The minimum atomic E-state index is -0.299. The van der Waals surface area contributed by atoms with Gasteiger partial charge in [0.25, 0.3) is 0 Å². The van der Waals surface area contributed by atoms with Crippen molar-refractivity contribution in [3.8, 4) is 0 Å². The van der Waals surface area contributed by atoms with Crippen molar-refractivity contribution in [2.24, 2.45) is 5.41 Å². The molecule has 0 atom stereocenters. The molecule has 1 aromatic heterocycles. The lowest BCUT2D eigenvalue weighted by atomic mass is 9.73. The molecular weight excluding hydrogens is 312 g/mol. The number of rotatable bonds is 2. The van der Waals surface area contributed by atoms with Crippen LogP contribution in [0.15, 0.2) is 36.7 Å². The molecule has 1 saturated heterocycles. The molecule has 0 radical (unpaired) electrons. The van der Waals surface area contributed by atoms with Crippen LogP contribution in [0.1, 0.15) is 36.5 Å². The minimum absolute atomic E-state index is 0.200. The zero-order chi connectivity index (χ0) is 17.3. The number of aryl methyl sites for hydroxylation is 1. The molecule has 0 unspecified atom stereocenters. The van der Waals surface area contributed by atoms with E-state index in [2.05, 4.69) is 45.3 Å². The number of nitrogens with zero attached hydrogens (tertiary/aromatic N) is 3. The standard InChI is InChI=1S/C20H24N4O/c1-2-15-12-22-19(23-13-15)24-9-7-20(8-10-24)11-16-5-3-4-6-17(16)14-21-18(20)25/h3-6,12-13H,2,7-11,14H2,1H3,(H,21,25). The molecule has 3 heterocycles. The summed E-state index contributed by atoms with van der Waals surface area (Å²) in [5.74, 6) is 0.979. The van der Waals surface area contributed by atoms with Crippen LogP contribution in [0, 0.1) is 5.41 Å². The lowest BCUT2D eigenvalue weighted by Gasteiger charge is -2.40. The van der Waals surface area contributed by atoms with E-state index in [9.17, 15) is 4.79 Å². The SMILES string of the molecule is CCc1cnc(N2CCC3(CC2)Cc2ccccc2CNC3=O)nc1. The molecule has 0 saturated carbocycles. The lowest BCUT2D eigenvalue weighted by molar-refractivity contribution is -0.132. The molecule has 4 rings (SSSR count). The Morgan fingerprint density at radius 3 is 2.48 bits per heavy atom. The van der Waals surface area contributed by atoms with Gasteiger partial charge in [-0.3, -0.25) is 4.79 Å². The van der Waals surface area contributed by atoms with Gasteiger partial charge >= 0.3 is 0 Å². The number of carbonyl (C=O) groups is 1. The van der Waals surface area contributed by atoms with Crippen molar-refractivity contribution in [1.29, 1.82) is 0 Å². The van der Waals surface area contributed by atoms with Crippen LogP contribution < -0.4 is 10.2 Å². The summed E-state index contributed by atoms with van der Waals surface area (Å²) in [5, 5.41) is 3.14. The van der Waals surface area contributed by atoms with Crippen LogP contribution >= 0.6 is 0 Å². The highest BCUT2D eigenvalue weighted by Gasteiger charge is 2.43. The molecule has 0 aliphatic carbocycles. The summed E-state index contributed by atoms with van der Waals surface area (Å²) in [6.07, 6.45) is 7.27. The fraction of sp³-hybridized carbons (Fsp3) is 0.450. The Kier molecular flexibility index (Phi) is 4.15. The fourth-order valence-corrected chi connectivity index (χ4v) is 3.94. The van der Waals surface area contributed by atoms with Crippen molar-refractivity contribution in [1.82, 2.24) is 15.3 Å². The van der Waals surface area contributed by atoms with E-state index in [0.717, 1.165) is 50.3 Å². The van der Waals surface area contributed by atoms with Gasteiger partial charge in [0.2, 0.25) is 11.9 Å². The van der Waals surface area contributed by atoms with Crippen molar-refractivity contribution in [3.05, 3.63) is 53.3 Å². The Balaban J connectivity index is 1.52. The Hall–Kier alpha value is -2.43. The Morgan fingerprint density at radius 1 is 1.12 bits per heavy atom. The third kappa shape index (κ3) is 2.99. The molecule has 1 N–H and O–H groups in total. The topological polar surface area (TPSA) is 58.1 Å². The first-order chi connectivity index (χ1) is 12.2. The van der Waals surface area contributed by atoms with Crippen LogP contribution in [-0.2, 0) is 24.2 Å². The normalized spacial score (nSPS) is 19.2. The van der Waals surface area contributed by atoms with E-state index >= 15 is 0 Å². The molecule has 2 aliphatic heterocycles. The summed E-state index contributed by atoms with van der Waals surface area (Å²) in [7, 11) is 0. The number of fused-ring (bicyclic) bond motifs is 1. The summed E-state index contributed by atoms with van der Waals surface area (Å²) < 4.78 is 0. The van der Waals surface area contributed by atoms with Crippen LogP contribution in [0.25, 0.3) is 0 Å². The van der Waals surface area contributed by atoms with E-state index in [1.165, 1.54) is 11.1 Å². The van der Waals surface area contributed by atoms with Gasteiger partial charge in [0.1, 0.15) is 0 Å². The zero-order valence-corrected chi connectivity index (χ0v) is 14.7. The van der Waals surface area contributed by atoms with Gasteiger partial charge < -0.3 is 10.2 Å². The number of anilines is 1. The molecule has 5 heteroatoms. The van der Waals surface area contributed by atoms with Crippen LogP contribution in [-0.4, -0.2) is 29.0 Å². The molecule has 1 fully saturated rings. The first kappa shape index (κ1) is 16.1. The van der Waals surface area contributed by atoms with E-state index in [4.69, 9.17) is 0 Å². The van der Waals surface area contributed by atoms with Gasteiger partial charge in [-0.2, -0.15) is 0 Å². The summed E-state index contributed by atoms with van der Waals surface area (Å²) in [6.45, 7) is 4.38. The van der Waals surface area contributed by atoms with Gasteiger partial charge in [-0.1, -0.05) is 31.2 Å². The van der Waals surface area contributed by atoms with Crippen molar-refractivity contribution >= 4 is 11.9 Å². The molecule has 130 valence electrons. The smallest absolute Gasteiger partial charge is 0.226 e. The maximum absolute atomic E-state index is 12.8. The predicted molar refractivity (Wildman–Crippen MR) is 97.3 cm³/mol. The van der Waals surface area contributed by atoms with Crippen LogP contribution in [0.4, 0.5) is 5.95 Å². The fourth-order valence-electron chi connectivity index (χ4n) is 3.94. The van der Waals surface area contributed by atoms with Crippen molar-refractivity contribution < 1.29 is 4.79 Å². The van der Waals surface area contributed by atoms with Crippen molar-refractivity contribution in [3.63, 3.8) is 0 Å². The lowest BCUT2D eigenvalue weighted by Crippen LogP contribution is -2.49. The number of aromatic nitrogens is 2. The Bertz CT molecular complexity index is 764. The van der Waals surface area contributed by atoms with E-state index in [-0.39, 0.29) is 11.3 Å². The second kappa shape index (κ2) is 6.47. The summed E-state index contributed by atoms with van der Waals surface area (Å²) in [6, 6.07) is 8.40. The highest BCUT2D eigenvalue weighted by atomic mass is 16.2. The first-order valence-electron chi connectivity index (χ1n) is 9.11. The average Bonchev–Trinajstić information content (AvgIpc) is 2.80. The number of hydrogen-bond acceptors (Lipinski definition) is 4. The second-order valence-electron chi connectivity index (χ2n) is 7.14. The molecule has 1 aromatic carbocycles. The molecular formula is C20H24N4O. The van der Waals surface area contributed by atoms with Gasteiger partial charge in [0, 0.05) is 32.0 Å². The van der Waals surface area contributed by atoms with Crippen LogP contribution in [0.3, 0.4) is 0 Å². The largest absolute Gasteiger partial charge is 0.352 e. The quantitative estimate of drug-likeness (QED) is 0.915. The summed E-state index contributed by atoms with van der Waals surface area (Å²) in [4.78, 5) is 24.0. The van der Waals surface area contributed by atoms with Gasteiger partial charge in [0.05, 0.1) is 5.41 Å². The summed E-state index contributed by atoms with van der Waals surface area (Å²) >= 11 is 0. The number of carbonyl (C=O) groups excluding carboxylic acids is 1. The van der Waals surface area contributed by atoms with Crippen LogP contribution in [0.5, 0.6) is 0 Å². The number of benzene rings is 1. The van der Waals surface area contributed by atoms with E-state index in [1.54, 1.807) is 0 Å². The maximum Gasteiger partial charge on any atom is 0.226 e. The second-order valence-corrected chi connectivity index (χ2v) is 7.14. The minimum Gasteiger partial charge on any atom is -0.352 e. The van der Waals surface area contributed by atoms with Gasteiger partial charge in [0.15, 0.2) is 0 Å². The number of nitrogens with one attached hydrogen (secondary N) is 1. The van der Waals surface area contributed by atoms with Gasteiger partial charge in [-0.05, 0) is 42.4 Å². The molecule has 1 spiro atoms. The number of piperidine rings is 1. The molecule has 2 aromatic rings.